The molecule has 1 aliphatic heterocycles. The Kier molecular flexibility index (Phi) is 3.77. The average Bonchev–Trinajstić information content (AvgIpc) is 2.75. The van der Waals surface area contributed by atoms with Gasteiger partial charge in [-0.15, -0.1) is 0 Å². The normalized spacial score (nSPS) is 19.9. The SMILES string of the molecule is Cc1ccc(N)c(NS(=O)(=O)CC2CCCO2)c1. The fourth-order valence-electron chi connectivity index (χ4n) is 1.99. The van der Waals surface area contributed by atoms with Gasteiger partial charge in [0.05, 0.1) is 23.2 Å². The van der Waals surface area contributed by atoms with Crippen LogP contribution >= 0.6 is 0 Å². The smallest absolute Gasteiger partial charge is 0.235 e. The first kappa shape index (κ1) is 13.2. The fraction of sp³-hybridized carbons (Fsp3) is 0.500. The van der Waals surface area contributed by atoms with Crippen LogP contribution in [0, 0.1) is 6.92 Å². The molecular formula is C12H18N2O3S. The van der Waals surface area contributed by atoms with Gasteiger partial charge in [-0.3, -0.25) is 4.72 Å². The van der Waals surface area contributed by atoms with Crippen LogP contribution in [0.1, 0.15) is 18.4 Å². The number of nitrogens with one attached hydrogen (secondary N) is 1. The van der Waals surface area contributed by atoms with Crippen molar-refractivity contribution in [2.45, 2.75) is 25.9 Å². The maximum absolute atomic E-state index is 12.0. The zero-order valence-corrected chi connectivity index (χ0v) is 11.2. The number of rotatable bonds is 4. The topological polar surface area (TPSA) is 81.4 Å². The van der Waals surface area contributed by atoms with E-state index in [2.05, 4.69) is 4.72 Å². The number of aryl methyl sites for hydroxylation is 1. The molecule has 1 unspecified atom stereocenters. The summed E-state index contributed by atoms with van der Waals surface area (Å²) in [6, 6.07) is 5.26. The summed E-state index contributed by atoms with van der Waals surface area (Å²) in [4.78, 5) is 0. The molecular weight excluding hydrogens is 252 g/mol. The molecule has 3 N–H and O–H groups in total. The number of hydrogen-bond donors (Lipinski definition) is 2. The molecule has 0 bridgehead atoms. The summed E-state index contributed by atoms with van der Waals surface area (Å²) in [5.74, 6) is -0.0135. The second-order valence-electron chi connectivity index (χ2n) is 4.61. The maximum Gasteiger partial charge on any atom is 0.235 e. The number of benzene rings is 1. The molecule has 0 spiro atoms. The Bertz CT molecular complexity index is 522. The maximum atomic E-state index is 12.0. The molecule has 1 aliphatic rings. The Morgan fingerprint density at radius 1 is 1.50 bits per heavy atom. The van der Waals surface area contributed by atoms with Crippen molar-refractivity contribution in [3.63, 3.8) is 0 Å². The monoisotopic (exact) mass is 270 g/mol. The molecule has 6 heteroatoms. The number of ether oxygens (including phenoxy) is 1. The molecule has 100 valence electrons. The van der Waals surface area contributed by atoms with Crippen LogP contribution < -0.4 is 10.5 Å². The number of anilines is 2. The quantitative estimate of drug-likeness (QED) is 0.812. The van der Waals surface area contributed by atoms with Crippen molar-refractivity contribution < 1.29 is 13.2 Å². The molecule has 0 amide bonds. The first-order chi connectivity index (χ1) is 8.46. The van der Waals surface area contributed by atoms with Crippen LogP contribution in [-0.2, 0) is 14.8 Å². The van der Waals surface area contributed by atoms with Crippen molar-refractivity contribution >= 4 is 21.4 Å². The van der Waals surface area contributed by atoms with Gasteiger partial charge in [0.2, 0.25) is 10.0 Å². The van der Waals surface area contributed by atoms with Crippen molar-refractivity contribution in [2.24, 2.45) is 0 Å². The van der Waals surface area contributed by atoms with E-state index in [1.54, 1.807) is 12.1 Å². The van der Waals surface area contributed by atoms with Gasteiger partial charge in [-0.25, -0.2) is 8.42 Å². The highest BCUT2D eigenvalue weighted by Gasteiger charge is 2.23. The summed E-state index contributed by atoms with van der Waals surface area (Å²) in [6.45, 7) is 2.53. The van der Waals surface area contributed by atoms with E-state index in [1.807, 2.05) is 13.0 Å². The first-order valence-electron chi connectivity index (χ1n) is 5.94. The van der Waals surface area contributed by atoms with Crippen LogP contribution in [-0.4, -0.2) is 26.9 Å². The Labute approximate surface area is 107 Å². The molecule has 1 aromatic rings. The molecule has 1 fully saturated rings. The molecule has 0 aliphatic carbocycles. The van der Waals surface area contributed by atoms with E-state index in [4.69, 9.17) is 10.5 Å². The highest BCUT2D eigenvalue weighted by Crippen LogP contribution is 2.22. The zero-order chi connectivity index (χ0) is 13.2. The van der Waals surface area contributed by atoms with Gasteiger partial charge in [0, 0.05) is 6.61 Å². The largest absolute Gasteiger partial charge is 0.397 e. The third-order valence-corrected chi connectivity index (χ3v) is 4.25. The van der Waals surface area contributed by atoms with Gasteiger partial charge in [-0.1, -0.05) is 6.07 Å². The lowest BCUT2D eigenvalue weighted by atomic mass is 10.2. The van der Waals surface area contributed by atoms with Crippen LogP contribution in [0.15, 0.2) is 18.2 Å². The molecule has 1 atom stereocenters. The molecule has 2 rings (SSSR count). The minimum atomic E-state index is -3.41. The summed E-state index contributed by atoms with van der Waals surface area (Å²) in [5, 5.41) is 0. The Morgan fingerprint density at radius 3 is 2.94 bits per heavy atom. The number of nitrogens with two attached hydrogens (primary N) is 1. The van der Waals surface area contributed by atoms with Crippen molar-refractivity contribution in [1.29, 1.82) is 0 Å². The summed E-state index contributed by atoms with van der Waals surface area (Å²) in [6.07, 6.45) is 1.52. The third-order valence-electron chi connectivity index (χ3n) is 2.90. The lowest BCUT2D eigenvalue weighted by molar-refractivity contribution is 0.127. The van der Waals surface area contributed by atoms with Gasteiger partial charge in [0.25, 0.3) is 0 Å². The van der Waals surface area contributed by atoms with E-state index < -0.39 is 10.0 Å². The molecule has 0 aromatic heterocycles. The van der Waals surface area contributed by atoms with Crippen LogP contribution in [0.5, 0.6) is 0 Å². The Hall–Kier alpha value is -1.27. The lowest BCUT2D eigenvalue weighted by Gasteiger charge is -2.13. The third kappa shape index (κ3) is 3.36. The van der Waals surface area contributed by atoms with Gasteiger partial charge in [0.15, 0.2) is 0 Å². The summed E-state index contributed by atoms with van der Waals surface area (Å²) in [7, 11) is -3.41. The Balaban J connectivity index is 2.09. The van der Waals surface area contributed by atoms with E-state index >= 15 is 0 Å². The molecule has 0 radical (unpaired) electrons. The van der Waals surface area contributed by atoms with E-state index in [1.165, 1.54) is 0 Å². The van der Waals surface area contributed by atoms with E-state index in [0.717, 1.165) is 18.4 Å². The van der Waals surface area contributed by atoms with Gasteiger partial charge in [-0.05, 0) is 37.5 Å². The van der Waals surface area contributed by atoms with Crippen molar-refractivity contribution in [3.8, 4) is 0 Å². The van der Waals surface area contributed by atoms with E-state index in [-0.39, 0.29) is 11.9 Å². The van der Waals surface area contributed by atoms with Crippen molar-refractivity contribution in [2.75, 3.05) is 22.8 Å². The molecule has 5 nitrogen and oxygen atoms in total. The van der Waals surface area contributed by atoms with Gasteiger partial charge in [-0.2, -0.15) is 0 Å². The average molecular weight is 270 g/mol. The van der Waals surface area contributed by atoms with Gasteiger partial charge < -0.3 is 10.5 Å². The van der Waals surface area contributed by atoms with Crippen molar-refractivity contribution in [1.82, 2.24) is 0 Å². The highest BCUT2D eigenvalue weighted by molar-refractivity contribution is 7.92. The Morgan fingerprint density at radius 2 is 2.28 bits per heavy atom. The van der Waals surface area contributed by atoms with E-state index in [0.29, 0.717) is 18.0 Å². The number of nitrogen functional groups attached to an aromatic ring is 1. The standard InChI is InChI=1S/C12H18N2O3S/c1-9-4-5-11(13)12(7-9)14-18(15,16)8-10-3-2-6-17-10/h4-5,7,10,14H,2-3,6,8,13H2,1H3. The molecule has 0 saturated carbocycles. The van der Waals surface area contributed by atoms with Crippen LogP contribution in [0.3, 0.4) is 0 Å². The van der Waals surface area contributed by atoms with Crippen LogP contribution in [0.2, 0.25) is 0 Å². The predicted molar refractivity (Wildman–Crippen MR) is 72.0 cm³/mol. The molecule has 18 heavy (non-hydrogen) atoms. The second-order valence-corrected chi connectivity index (χ2v) is 6.38. The lowest BCUT2D eigenvalue weighted by Crippen LogP contribution is -2.26. The van der Waals surface area contributed by atoms with Gasteiger partial charge >= 0.3 is 0 Å². The van der Waals surface area contributed by atoms with E-state index in [9.17, 15) is 8.42 Å². The highest BCUT2D eigenvalue weighted by atomic mass is 32.2. The molecule has 1 aromatic carbocycles. The molecule has 1 heterocycles. The van der Waals surface area contributed by atoms with Crippen molar-refractivity contribution in [3.05, 3.63) is 23.8 Å². The second kappa shape index (κ2) is 5.16. The van der Waals surface area contributed by atoms with Crippen LogP contribution in [0.25, 0.3) is 0 Å². The van der Waals surface area contributed by atoms with Crippen LogP contribution in [0.4, 0.5) is 11.4 Å². The summed E-state index contributed by atoms with van der Waals surface area (Å²) < 4.78 is 31.8. The minimum absolute atomic E-state index is 0.0135. The molecule has 1 saturated heterocycles. The van der Waals surface area contributed by atoms with Gasteiger partial charge in [0.1, 0.15) is 0 Å². The summed E-state index contributed by atoms with van der Waals surface area (Å²) >= 11 is 0. The fourth-order valence-corrected chi connectivity index (χ4v) is 3.34. The summed E-state index contributed by atoms with van der Waals surface area (Å²) in [5.41, 5.74) is 7.57. The predicted octanol–water partition coefficient (Wildman–Crippen LogP) is 1.50. The number of sulfonamides is 1. The minimum Gasteiger partial charge on any atom is -0.397 e. The first-order valence-corrected chi connectivity index (χ1v) is 7.60. The zero-order valence-electron chi connectivity index (χ0n) is 10.3. The number of hydrogen-bond acceptors (Lipinski definition) is 4.